The molecule has 0 aliphatic rings. The summed E-state index contributed by atoms with van der Waals surface area (Å²) in [6.45, 7) is 8.50. The predicted molar refractivity (Wildman–Crippen MR) is 83.5 cm³/mol. The molecule has 0 aliphatic heterocycles. The van der Waals surface area contributed by atoms with Crippen LogP contribution < -0.4 is 10.1 Å². The van der Waals surface area contributed by atoms with E-state index < -0.39 is 23.1 Å². The van der Waals surface area contributed by atoms with Crippen LogP contribution in [0.25, 0.3) is 0 Å². The molecule has 0 atom stereocenters. The fourth-order valence-electron chi connectivity index (χ4n) is 1.72. The van der Waals surface area contributed by atoms with Gasteiger partial charge in [-0.3, -0.25) is 10.1 Å². The van der Waals surface area contributed by atoms with E-state index in [1.807, 2.05) is 0 Å². The lowest BCUT2D eigenvalue weighted by Gasteiger charge is -2.22. The maximum Gasteiger partial charge on any atom is 0.412 e. The number of carboxylic acid groups (broad SMARTS) is 1. The topological polar surface area (TPSA) is 84.9 Å². The number of hydrogen-bond acceptors (Lipinski definition) is 4. The summed E-state index contributed by atoms with van der Waals surface area (Å²) in [5.41, 5.74) is -0.673. The highest BCUT2D eigenvalue weighted by Gasteiger charge is 2.30. The average Bonchev–Trinajstić information content (AvgIpc) is 2.36. The van der Waals surface area contributed by atoms with Crippen molar-refractivity contribution in [3.63, 3.8) is 0 Å². The Hall–Kier alpha value is -2.24. The Morgan fingerprint density at radius 2 is 1.73 bits per heavy atom. The molecule has 1 amide bonds. The smallest absolute Gasteiger partial charge is 0.412 e. The predicted octanol–water partition coefficient (Wildman–Crippen LogP) is 3.40. The van der Waals surface area contributed by atoms with E-state index in [4.69, 9.17) is 9.47 Å². The number of nitrogens with one attached hydrogen (secondary N) is 1. The molecular weight excluding hydrogens is 286 g/mol. The minimum Gasteiger partial charge on any atom is -0.495 e. The van der Waals surface area contributed by atoms with Gasteiger partial charge in [0.2, 0.25) is 0 Å². The minimum absolute atomic E-state index is 0.373. The summed E-state index contributed by atoms with van der Waals surface area (Å²) < 4.78 is 10.4. The number of carbonyl (C=O) groups is 2. The second-order valence-corrected chi connectivity index (χ2v) is 6.47. The number of carbonyl (C=O) groups excluding carboxylic acids is 1. The van der Waals surface area contributed by atoms with Gasteiger partial charge < -0.3 is 14.6 Å². The maximum absolute atomic E-state index is 11.8. The van der Waals surface area contributed by atoms with Crippen LogP contribution in [0.1, 0.15) is 40.2 Å². The van der Waals surface area contributed by atoms with Crippen molar-refractivity contribution in [3.8, 4) is 5.75 Å². The SMILES string of the molecule is COc1cc(C(C)(C)C(=O)O)ccc1NC(=O)OC(C)(C)C. The van der Waals surface area contributed by atoms with Crippen molar-refractivity contribution in [1.29, 1.82) is 0 Å². The van der Waals surface area contributed by atoms with Gasteiger partial charge in [0.25, 0.3) is 0 Å². The second-order valence-electron chi connectivity index (χ2n) is 6.47. The van der Waals surface area contributed by atoms with Gasteiger partial charge in [0.15, 0.2) is 0 Å². The van der Waals surface area contributed by atoms with Crippen LogP contribution in [0, 0.1) is 0 Å². The number of benzene rings is 1. The Kier molecular flexibility index (Phi) is 5.06. The summed E-state index contributed by atoms with van der Waals surface area (Å²) in [5, 5.41) is 11.9. The van der Waals surface area contributed by atoms with Crippen LogP contribution in [0.4, 0.5) is 10.5 Å². The van der Waals surface area contributed by atoms with Crippen LogP contribution in [-0.4, -0.2) is 29.9 Å². The lowest BCUT2D eigenvalue weighted by molar-refractivity contribution is -0.142. The summed E-state index contributed by atoms with van der Waals surface area (Å²) in [5.74, 6) is -0.569. The van der Waals surface area contributed by atoms with E-state index in [-0.39, 0.29) is 0 Å². The quantitative estimate of drug-likeness (QED) is 0.890. The molecule has 6 nitrogen and oxygen atoms in total. The van der Waals surface area contributed by atoms with E-state index in [0.29, 0.717) is 17.0 Å². The first-order valence-electron chi connectivity index (χ1n) is 6.89. The first kappa shape index (κ1) is 17.8. The van der Waals surface area contributed by atoms with Gasteiger partial charge in [-0.2, -0.15) is 0 Å². The van der Waals surface area contributed by atoms with Gasteiger partial charge >= 0.3 is 12.1 Å². The minimum atomic E-state index is -1.06. The molecule has 122 valence electrons. The lowest BCUT2D eigenvalue weighted by Crippen LogP contribution is -2.29. The van der Waals surface area contributed by atoms with Crippen molar-refractivity contribution < 1.29 is 24.2 Å². The molecular formula is C16H23NO5. The van der Waals surface area contributed by atoms with Crippen LogP contribution in [0.5, 0.6) is 5.75 Å². The van der Waals surface area contributed by atoms with Crippen molar-refractivity contribution in [2.45, 2.75) is 45.6 Å². The van der Waals surface area contributed by atoms with Gasteiger partial charge in [0, 0.05) is 0 Å². The standard InChI is InChI=1S/C16H23NO5/c1-15(2,3)22-14(20)17-11-8-7-10(9-12(11)21-6)16(4,5)13(18)19/h7-9H,1-6H3,(H,17,20)(H,18,19). The molecule has 0 saturated carbocycles. The van der Waals surface area contributed by atoms with Crippen molar-refractivity contribution in [1.82, 2.24) is 0 Å². The average molecular weight is 309 g/mol. The van der Waals surface area contributed by atoms with Crippen LogP contribution in [0.15, 0.2) is 18.2 Å². The molecule has 6 heteroatoms. The molecule has 2 N–H and O–H groups in total. The number of rotatable bonds is 4. The van der Waals surface area contributed by atoms with Crippen LogP contribution >= 0.6 is 0 Å². The van der Waals surface area contributed by atoms with Gasteiger partial charge in [0.1, 0.15) is 11.4 Å². The Morgan fingerprint density at radius 1 is 1.14 bits per heavy atom. The number of aliphatic carboxylic acids is 1. The third kappa shape index (κ3) is 4.38. The Bertz CT molecular complexity index is 572. The summed E-state index contributed by atoms with van der Waals surface area (Å²) >= 11 is 0. The summed E-state index contributed by atoms with van der Waals surface area (Å²) in [7, 11) is 1.45. The molecule has 0 heterocycles. The summed E-state index contributed by atoms with van der Waals surface area (Å²) in [6.07, 6.45) is -0.601. The molecule has 0 saturated heterocycles. The van der Waals surface area contributed by atoms with Crippen molar-refractivity contribution in [2.75, 3.05) is 12.4 Å². The van der Waals surface area contributed by atoms with Gasteiger partial charge in [-0.05, 0) is 52.3 Å². The van der Waals surface area contributed by atoms with Crippen LogP contribution in [0.2, 0.25) is 0 Å². The summed E-state index contributed by atoms with van der Waals surface area (Å²) in [4.78, 5) is 23.1. The van der Waals surface area contributed by atoms with E-state index in [9.17, 15) is 14.7 Å². The van der Waals surface area contributed by atoms with E-state index in [0.717, 1.165) is 0 Å². The van der Waals surface area contributed by atoms with E-state index in [1.165, 1.54) is 7.11 Å². The van der Waals surface area contributed by atoms with E-state index in [1.54, 1.807) is 52.8 Å². The number of ether oxygens (including phenoxy) is 2. The number of carboxylic acids is 1. The zero-order chi connectivity index (χ0) is 17.1. The molecule has 0 aromatic heterocycles. The number of hydrogen-bond donors (Lipinski definition) is 2. The third-order valence-corrected chi connectivity index (χ3v) is 3.09. The highest BCUT2D eigenvalue weighted by molar-refractivity contribution is 5.88. The maximum atomic E-state index is 11.8. The Balaban J connectivity index is 3.05. The monoisotopic (exact) mass is 309 g/mol. The number of amides is 1. The Labute approximate surface area is 130 Å². The fraction of sp³-hybridized carbons (Fsp3) is 0.500. The van der Waals surface area contributed by atoms with E-state index in [2.05, 4.69) is 5.32 Å². The van der Waals surface area contributed by atoms with Crippen LogP contribution in [-0.2, 0) is 14.9 Å². The van der Waals surface area contributed by atoms with Crippen molar-refractivity contribution in [3.05, 3.63) is 23.8 Å². The van der Waals surface area contributed by atoms with Gasteiger partial charge in [-0.1, -0.05) is 6.07 Å². The van der Waals surface area contributed by atoms with E-state index >= 15 is 0 Å². The third-order valence-electron chi connectivity index (χ3n) is 3.09. The zero-order valence-electron chi connectivity index (χ0n) is 13.8. The molecule has 1 rings (SSSR count). The molecule has 0 radical (unpaired) electrons. The molecule has 0 spiro atoms. The summed E-state index contributed by atoms with van der Waals surface area (Å²) in [6, 6.07) is 4.84. The van der Waals surface area contributed by atoms with Crippen LogP contribution in [0.3, 0.4) is 0 Å². The fourth-order valence-corrected chi connectivity index (χ4v) is 1.72. The zero-order valence-corrected chi connectivity index (χ0v) is 13.8. The lowest BCUT2D eigenvalue weighted by atomic mass is 9.84. The molecule has 0 fully saturated rings. The van der Waals surface area contributed by atoms with Gasteiger partial charge in [0.05, 0.1) is 18.2 Å². The molecule has 0 aliphatic carbocycles. The first-order chi connectivity index (χ1) is 9.97. The van der Waals surface area contributed by atoms with Gasteiger partial charge in [-0.15, -0.1) is 0 Å². The largest absolute Gasteiger partial charge is 0.495 e. The molecule has 1 aromatic carbocycles. The van der Waals surface area contributed by atoms with Crippen molar-refractivity contribution in [2.24, 2.45) is 0 Å². The van der Waals surface area contributed by atoms with Crippen molar-refractivity contribution >= 4 is 17.7 Å². The molecule has 22 heavy (non-hydrogen) atoms. The number of methoxy groups -OCH3 is 1. The highest BCUT2D eigenvalue weighted by Crippen LogP contribution is 2.32. The second kappa shape index (κ2) is 6.25. The Morgan fingerprint density at radius 3 is 2.18 bits per heavy atom. The number of anilines is 1. The molecule has 0 unspecified atom stereocenters. The highest BCUT2D eigenvalue weighted by atomic mass is 16.6. The normalized spacial score (nSPS) is 11.7. The molecule has 1 aromatic rings. The molecule has 0 bridgehead atoms. The first-order valence-corrected chi connectivity index (χ1v) is 6.89. The van der Waals surface area contributed by atoms with Gasteiger partial charge in [-0.25, -0.2) is 4.79 Å².